The van der Waals surface area contributed by atoms with E-state index in [9.17, 15) is 9.90 Å². The fraction of sp³-hybridized carbons (Fsp3) is 0.909. The number of nitrogens with one attached hydrogen (secondary N) is 1. The second-order valence-electron chi connectivity index (χ2n) is 5.03. The van der Waals surface area contributed by atoms with Crippen LogP contribution >= 0.6 is 0 Å². The van der Waals surface area contributed by atoms with Crippen molar-refractivity contribution in [1.82, 2.24) is 5.32 Å². The number of carbonyl (C=O) groups excluding carboxylic acids is 1. The van der Waals surface area contributed by atoms with Gasteiger partial charge in [0.05, 0.1) is 18.8 Å². The van der Waals surface area contributed by atoms with Crippen LogP contribution in [-0.2, 0) is 9.53 Å². The third kappa shape index (κ3) is 6.05. The SMILES string of the molecule is COCC(O)CCNC(=O)[C@H](N)C(C)(C)C. The van der Waals surface area contributed by atoms with Gasteiger partial charge in [0, 0.05) is 13.7 Å². The van der Waals surface area contributed by atoms with E-state index in [-0.39, 0.29) is 17.9 Å². The molecule has 1 amide bonds. The van der Waals surface area contributed by atoms with E-state index in [1.54, 1.807) is 0 Å². The van der Waals surface area contributed by atoms with Crippen LogP contribution in [0.25, 0.3) is 0 Å². The van der Waals surface area contributed by atoms with Crippen molar-refractivity contribution in [3.63, 3.8) is 0 Å². The molecule has 0 aromatic rings. The number of carbonyl (C=O) groups is 1. The van der Waals surface area contributed by atoms with E-state index >= 15 is 0 Å². The van der Waals surface area contributed by atoms with E-state index in [1.807, 2.05) is 20.8 Å². The Morgan fingerprint density at radius 1 is 1.50 bits per heavy atom. The number of methoxy groups -OCH3 is 1. The topological polar surface area (TPSA) is 84.6 Å². The van der Waals surface area contributed by atoms with Crippen molar-refractivity contribution in [3.05, 3.63) is 0 Å². The monoisotopic (exact) mass is 232 g/mol. The zero-order chi connectivity index (χ0) is 12.8. The number of aliphatic hydroxyl groups excluding tert-OH is 1. The Morgan fingerprint density at radius 3 is 2.50 bits per heavy atom. The van der Waals surface area contributed by atoms with Crippen molar-refractivity contribution in [2.75, 3.05) is 20.3 Å². The average Bonchev–Trinajstić information content (AvgIpc) is 2.15. The lowest BCUT2D eigenvalue weighted by atomic mass is 9.87. The van der Waals surface area contributed by atoms with Gasteiger partial charge in [0.25, 0.3) is 0 Å². The van der Waals surface area contributed by atoms with Crippen LogP contribution in [0.5, 0.6) is 0 Å². The first-order valence-corrected chi connectivity index (χ1v) is 5.49. The van der Waals surface area contributed by atoms with E-state index < -0.39 is 12.1 Å². The van der Waals surface area contributed by atoms with E-state index in [2.05, 4.69) is 5.32 Å². The molecular weight excluding hydrogens is 208 g/mol. The Labute approximate surface area is 97.3 Å². The first-order chi connectivity index (χ1) is 7.29. The Balaban J connectivity index is 3.82. The Bertz CT molecular complexity index is 214. The molecule has 0 aromatic heterocycles. The lowest BCUT2D eigenvalue weighted by Crippen LogP contribution is -2.49. The molecule has 0 aliphatic rings. The zero-order valence-corrected chi connectivity index (χ0v) is 10.6. The average molecular weight is 232 g/mol. The molecule has 0 saturated heterocycles. The summed E-state index contributed by atoms with van der Waals surface area (Å²) in [5.41, 5.74) is 5.52. The minimum atomic E-state index is -0.545. The molecule has 0 spiro atoms. The minimum absolute atomic E-state index is 0.183. The van der Waals surface area contributed by atoms with Gasteiger partial charge >= 0.3 is 0 Å². The number of hydrogen-bond donors (Lipinski definition) is 3. The highest BCUT2D eigenvalue weighted by Crippen LogP contribution is 2.16. The lowest BCUT2D eigenvalue weighted by Gasteiger charge is -2.26. The minimum Gasteiger partial charge on any atom is -0.391 e. The lowest BCUT2D eigenvalue weighted by molar-refractivity contribution is -0.124. The number of nitrogens with two attached hydrogens (primary N) is 1. The molecule has 4 N–H and O–H groups in total. The van der Waals surface area contributed by atoms with E-state index in [0.29, 0.717) is 13.0 Å². The molecule has 0 radical (unpaired) electrons. The van der Waals surface area contributed by atoms with Gasteiger partial charge in [-0.2, -0.15) is 0 Å². The number of rotatable bonds is 6. The Hall–Kier alpha value is -0.650. The predicted octanol–water partition coefficient (Wildman–Crippen LogP) is -0.127. The van der Waals surface area contributed by atoms with Crippen molar-refractivity contribution in [2.45, 2.75) is 39.3 Å². The summed E-state index contributed by atoms with van der Waals surface area (Å²) in [4.78, 5) is 11.6. The summed E-state index contributed by atoms with van der Waals surface area (Å²) in [5, 5.41) is 12.1. The second-order valence-corrected chi connectivity index (χ2v) is 5.03. The molecule has 0 heterocycles. The van der Waals surface area contributed by atoms with Gasteiger partial charge in [0.1, 0.15) is 0 Å². The molecule has 0 saturated carbocycles. The molecule has 0 rings (SSSR count). The molecule has 1 unspecified atom stereocenters. The van der Waals surface area contributed by atoms with Crippen LogP contribution in [0.15, 0.2) is 0 Å². The summed E-state index contributed by atoms with van der Waals surface area (Å²) >= 11 is 0. The van der Waals surface area contributed by atoms with Gasteiger partial charge in [0.2, 0.25) is 5.91 Å². The van der Waals surface area contributed by atoms with Gasteiger partial charge in [-0.05, 0) is 11.8 Å². The number of aliphatic hydroxyl groups is 1. The van der Waals surface area contributed by atoms with Gasteiger partial charge < -0.3 is 20.9 Å². The van der Waals surface area contributed by atoms with Gasteiger partial charge in [0.15, 0.2) is 0 Å². The molecule has 5 nitrogen and oxygen atoms in total. The van der Waals surface area contributed by atoms with Crippen molar-refractivity contribution in [2.24, 2.45) is 11.1 Å². The van der Waals surface area contributed by atoms with Crippen LogP contribution in [0.4, 0.5) is 0 Å². The molecule has 96 valence electrons. The molecule has 0 aromatic carbocycles. The fourth-order valence-corrected chi connectivity index (χ4v) is 1.14. The highest BCUT2D eigenvalue weighted by Gasteiger charge is 2.27. The van der Waals surface area contributed by atoms with Crippen LogP contribution in [-0.4, -0.2) is 43.4 Å². The highest BCUT2D eigenvalue weighted by atomic mass is 16.5. The van der Waals surface area contributed by atoms with Crippen molar-refractivity contribution >= 4 is 5.91 Å². The van der Waals surface area contributed by atoms with Crippen LogP contribution in [0.3, 0.4) is 0 Å². The second kappa shape index (κ2) is 6.83. The molecular formula is C11H24N2O3. The maximum Gasteiger partial charge on any atom is 0.237 e. The normalized spacial score (nSPS) is 15.6. The summed E-state index contributed by atoms with van der Waals surface area (Å²) < 4.78 is 4.78. The first-order valence-electron chi connectivity index (χ1n) is 5.49. The first kappa shape index (κ1) is 15.3. The van der Waals surface area contributed by atoms with Crippen LogP contribution < -0.4 is 11.1 Å². The van der Waals surface area contributed by atoms with Crippen LogP contribution in [0.1, 0.15) is 27.2 Å². The zero-order valence-electron chi connectivity index (χ0n) is 10.6. The summed E-state index contributed by atoms with van der Waals surface area (Å²) in [6, 6.07) is -0.535. The Morgan fingerprint density at radius 2 is 2.06 bits per heavy atom. The maximum absolute atomic E-state index is 11.6. The number of ether oxygens (including phenoxy) is 1. The molecule has 0 fully saturated rings. The Kier molecular flexibility index (Phi) is 6.55. The fourth-order valence-electron chi connectivity index (χ4n) is 1.14. The largest absolute Gasteiger partial charge is 0.391 e. The van der Waals surface area contributed by atoms with E-state index in [0.717, 1.165) is 0 Å². The van der Waals surface area contributed by atoms with Crippen LogP contribution in [0, 0.1) is 5.41 Å². The molecule has 0 bridgehead atoms. The predicted molar refractivity (Wildman–Crippen MR) is 62.9 cm³/mol. The van der Waals surface area contributed by atoms with Crippen molar-refractivity contribution < 1.29 is 14.6 Å². The van der Waals surface area contributed by atoms with E-state index in [4.69, 9.17) is 10.5 Å². The van der Waals surface area contributed by atoms with Gasteiger partial charge in [-0.3, -0.25) is 4.79 Å². The van der Waals surface area contributed by atoms with Crippen molar-refractivity contribution in [3.8, 4) is 0 Å². The van der Waals surface area contributed by atoms with Gasteiger partial charge in [-0.1, -0.05) is 20.8 Å². The standard InChI is InChI=1S/C11H24N2O3/c1-11(2,3)9(12)10(15)13-6-5-8(14)7-16-4/h8-9,14H,5-7,12H2,1-4H3,(H,13,15)/t8?,9-/m0/s1. The highest BCUT2D eigenvalue weighted by molar-refractivity contribution is 5.82. The summed E-state index contributed by atoms with van der Waals surface area (Å²) in [6.07, 6.45) is -0.0765. The molecule has 0 aliphatic carbocycles. The number of hydrogen-bond acceptors (Lipinski definition) is 4. The summed E-state index contributed by atoms with van der Waals surface area (Å²) in [5.74, 6) is -0.183. The molecule has 2 atom stereocenters. The summed E-state index contributed by atoms with van der Waals surface area (Å²) in [7, 11) is 1.53. The smallest absolute Gasteiger partial charge is 0.237 e. The third-order valence-electron chi connectivity index (χ3n) is 2.35. The van der Waals surface area contributed by atoms with Gasteiger partial charge in [-0.25, -0.2) is 0 Å². The number of amides is 1. The third-order valence-corrected chi connectivity index (χ3v) is 2.35. The van der Waals surface area contributed by atoms with Crippen molar-refractivity contribution in [1.29, 1.82) is 0 Å². The molecule has 0 aliphatic heterocycles. The maximum atomic E-state index is 11.6. The van der Waals surface area contributed by atoms with E-state index in [1.165, 1.54) is 7.11 Å². The molecule has 5 heteroatoms. The quantitative estimate of drug-likeness (QED) is 0.596. The molecule has 16 heavy (non-hydrogen) atoms. The summed E-state index contributed by atoms with van der Waals surface area (Å²) in [6.45, 7) is 6.43. The van der Waals surface area contributed by atoms with Crippen LogP contribution in [0.2, 0.25) is 0 Å². The van der Waals surface area contributed by atoms with Gasteiger partial charge in [-0.15, -0.1) is 0 Å².